The summed E-state index contributed by atoms with van der Waals surface area (Å²) in [5.41, 5.74) is 1.08. The number of sulfone groups is 1. The number of nitro groups is 1. The Kier molecular flexibility index (Phi) is 7.55. The van der Waals surface area contributed by atoms with Crippen LogP contribution in [-0.2, 0) is 24.2 Å². The predicted octanol–water partition coefficient (Wildman–Crippen LogP) is 3.07. The van der Waals surface area contributed by atoms with E-state index in [0.29, 0.717) is 22.2 Å². The number of esters is 1. The van der Waals surface area contributed by atoms with Crippen molar-refractivity contribution in [1.82, 2.24) is 9.78 Å². The van der Waals surface area contributed by atoms with Gasteiger partial charge in [0.1, 0.15) is 5.15 Å². The summed E-state index contributed by atoms with van der Waals surface area (Å²) in [6, 6.07) is 3.44. The lowest BCUT2D eigenvalue weighted by molar-refractivity contribution is -0.384. The van der Waals surface area contributed by atoms with Crippen LogP contribution in [0.4, 0.5) is 11.4 Å². The third kappa shape index (κ3) is 6.18. The summed E-state index contributed by atoms with van der Waals surface area (Å²) >= 11 is 9.47. The highest BCUT2D eigenvalue weighted by Crippen LogP contribution is 2.30. The van der Waals surface area contributed by atoms with Crippen molar-refractivity contribution in [2.75, 3.05) is 23.4 Å². The van der Waals surface area contributed by atoms with Crippen LogP contribution in [0.1, 0.15) is 23.7 Å². The SMILES string of the molecule is Cc1nn(C2CCS(=O)(=O)C2)c(Cl)c1/C=C/C(=O)OCC(=O)Nc1ccc([N+](=O)[O-])cc1Br. The molecule has 33 heavy (non-hydrogen) atoms. The average molecular weight is 562 g/mol. The molecule has 1 saturated heterocycles. The molecule has 1 aliphatic heterocycles. The van der Waals surface area contributed by atoms with E-state index >= 15 is 0 Å². The number of aryl methyl sites for hydroxylation is 1. The number of nitrogens with zero attached hydrogens (tertiary/aromatic N) is 3. The van der Waals surface area contributed by atoms with E-state index in [-0.39, 0.29) is 34.1 Å². The molecule has 0 radical (unpaired) electrons. The minimum Gasteiger partial charge on any atom is -0.452 e. The zero-order chi connectivity index (χ0) is 24.3. The molecule has 1 aromatic heterocycles. The van der Waals surface area contributed by atoms with E-state index < -0.39 is 33.2 Å². The topological polar surface area (TPSA) is 151 Å². The average Bonchev–Trinajstić information content (AvgIpc) is 3.24. The molecule has 1 amide bonds. The van der Waals surface area contributed by atoms with Gasteiger partial charge in [-0.3, -0.25) is 14.9 Å². The summed E-state index contributed by atoms with van der Waals surface area (Å²) in [4.78, 5) is 34.2. The summed E-state index contributed by atoms with van der Waals surface area (Å²) in [6.07, 6.45) is 2.88. The van der Waals surface area contributed by atoms with Gasteiger partial charge < -0.3 is 10.1 Å². The molecule has 11 nitrogen and oxygen atoms in total. The Hall–Kier alpha value is -2.77. The normalized spacial score (nSPS) is 17.2. The predicted molar refractivity (Wildman–Crippen MR) is 124 cm³/mol. The van der Waals surface area contributed by atoms with Crippen LogP contribution < -0.4 is 5.32 Å². The molecule has 0 spiro atoms. The van der Waals surface area contributed by atoms with Crippen LogP contribution in [0.2, 0.25) is 5.15 Å². The van der Waals surface area contributed by atoms with Gasteiger partial charge in [-0.2, -0.15) is 5.10 Å². The second-order valence-corrected chi connectivity index (χ2v) is 10.6. The number of aromatic nitrogens is 2. The van der Waals surface area contributed by atoms with Gasteiger partial charge in [0.2, 0.25) is 0 Å². The highest BCUT2D eigenvalue weighted by Gasteiger charge is 2.31. The minimum atomic E-state index is -3.12. The van der Waals surface area contributed by atoms with Crippen molar-refractivity contribution in [3.8, 4) is 0 Å². The summed E-state index contributed by atoms with van der Waals surface area (Å²) in [6.45, 7) is 1.09. The first-order chi connectivity index (χ1) is 15.5. The number of amides is 1. The van der Waals surface area contributed by atoms with Crippen molar-refractivity contribution < 1.29 is 27.7 Å². The highest BCUT2D eigenvalue weighted by atomic mass is 79.9. The van der Waals surface area contributed by atoms with Gasteiger partial charge >= 0.3 is 5.97 Å². The largest absolute Gasteiger partial charge is 0.452 e. The molecule has 1 aliphatic rings. The van der Waals surface area contributed by atoms with Crippen LogP contribution in [0, 0.1) is 17.0 Å². The number of nitro benzene ring substituents is 1. The van der Waals surface area contributed by atoms with Crippen LogP contribution in [0.5, 0.6) is 0 Å². The van der Waals surface area contributed by atoms with E-state index in [1.165, 1.54) is 29.0 Å². The summed E-state index contributed by atoms with van der Waals surface area (Å²) in [5, 5.41) is 17.7. The van der Waals surface area contributed by atoms with Crippen molar-refractivity contribution in [2.24, 2.45) is 0 Å². The van der Waals surface area contributed by atoms with Gasteiger partial charge in [-0.1, -0.05) is 11.6 Å². The van der Waals surface area contributed by atoms with E-state index in [0.717, 1.165) is 6.08 Å². The molecule has 2 heterocycles. The molecule has 1 unspecified atom stereocenters. The lowest BCUT2D eigenvalue weighted by Crippen LogP contribution is -2.20. The number of ether oxygens (including phenoxy) is 1. The fraction of sp³-hybridized carbons (Fsp3) is 0.316. The number of hydrogen-bond acceptors (Lipinski definition) is 8. The van der Waals surface area contributed by atoms with Gasteiger partial charge in [-0.15, -0.1) is 0 Å². The van der Waals surface area contributed by atoms with E-state index in [4.69, 9.17) is 16.3 Å². The second-order valence-electron chi connectivity index (χ2n) is 7.20. The molecule has 1 atom stereocenters. The number of rotatable bonds is 7. The quantitative estimate of drug-likeness (QED) is 0.234. The molecule has 3 rings (SSSR count). The van der Waals surface area contributed by atoms with E-state index in [1.54, 1.807) is 6.92 Å². The molecule has 176 valence electrons. The van der Waals surface area contributed by atoms with Gasteiger partial charge in [-0.25, -0.2) is 17.9 Å². The first-order valence-electron chi connectivity index (χ1n) is 9.50. The summed E-state index contributed by atoms with van der Waals surface area (Å²) in [7, 11) is -3.12. The van der Waals surface area contributed by atoms with Crippen molar-refractivity contribution in [2.45, 2.75) is 19.4 Å². The van der Waals surface area contributed by atoms with E-state index in [2.05, 4.69) is 26.3 Å². The Labute approximate surface area is 201 Å². The standard InChI is InChI=1S/C19H18BrClN4O7S/c1-11-14(19(21)24(23-11)13-6-7-33(30,31)10-13)3-5-18(27)32-9-17(26)22-16-4-2-12(25(28)29)8-15(16)20/h2-5,8,13H,6-7,9-10H2,1H3,(H,22,26)/b5-3+. The number of halogens is 2. The smallest absolute Gasteiger partial charge is 0.331 e. The van der Waals surface area contributed by atoms with Crippen LogP contribution in [0.25, 0.3) is 6.08 Å². The monoisotopic (exact) mass is 560 g/mol. The third-order valence-corrected chi connectivity index (χ3v) is 7.58. The van der Waals surface area contributed by atoms with E-state index in [9.17, 15) is 28.1 Å². The second kappa shape index (κ2) is 10.0. The fourth-order valence-corrected chi connectivity index (χ4v) is 5.71. The number of carbonyl (C=O) groups is 2. The Morgan fingerprint density at radius 1 is 1.45 bits per heavy atom. The maximum absolute atomic E-state index is 12.0. The third-order valence-electron chi connectivity index (χ3n) is 4.79. The first-order valence-corrected chi connectivity index (χ1v) is 12.5. The number of hydrogen-bond donors (Lipinski definition) is 1. The molecule has 1 aromatic carbocycles. The Balaban J connectivity index is 1.57. The Morgan fingerprint density at radius 2 is 2.18 bits per heavy atom. The first kappa shape index (κ1) is 24.9. The number of non-ortho nitro benzene ring substituents is 1. The molecular formula is C19H18BrClN4O7S. The number of carbonyl (C=O) groups excluding carboxylic acids is 2. The zero-order valence-electron chi connectivity index (χ0n) is 17.2. The van der Waals surface area contributed by atoms with Gasteiger partial charge in [0.25, 0.3) is 11.6 Å². The number of anilines is 1. The van der Waals surface area contributed by atoms with Crippen LogP contribution in [-0.4, -0.2) is 53.1 Å². The fourth-order valence-electron chi connectivity index (χ4n) is 3.17. The molecule has 2 aromatic rings. The molecule has 1 fully saturated rings. The number of benzene rings is 1. The van der Waals surface area contributed by atoms with Crippen LogP contribution >= 0.6 is 27.5 Å². The number of nitrogens with one attached hydrogen (secondary N) is 1. The Morgan fingerprint density at radius 3 is 2.79 bits per heavy atom. The Bertz CT molecular complexity index is 1260. The van der Waals surface area contributed by atoms with Crippen molar-refractivity contribution in [3.63, 3.8) is 0 Å². The minimum absolute atomic E-state index is 0.0426. The van der Waals surface area contributed by atoms with E-state index in [1.807, 2.05) is 0 Å². The molecular weight excluding hydrogens is 544 g/mol. The maximum Gasteiger partial charge on any atom is 0.331 e. The molecule has 1 N–H and O–H groups in total. The summed E-state index contributed by atoms with van der Waals surface area (Å²) in [5.74, 6) is -1.42. The maximum atomic E-state index is 12.0. The van der Waals surface area contributed by atoms with Gasteiger partial charge in [0, 0.05) is 28.2 Å². The molecule has 14 heteroatoms. The molecule has 0 saturated carbocycles. The lowest BCUT2D eigenvalue weighted by Gasteiger charge is -2.09. The van der Waals surface area contributed by atoms with Crippen molar-refractivity contribution >= 4 is 66.7 Å². The molecule has 0 aliphatic carbocycles. The van der Waals surface area contributed by atoms with Crippen molar-refractivity contribution in [3.05, 3.63) is 55.3 Å². The summed E-state index contributed by atoms with van der Waals surface area (Å²) < 4.78 is 30.1. The van der Waals surface area contributed by atoms with Crippen LogP contribution in [0.15, 0.2) is 28.7 Å². The van der Waals surface area contributed by atoms with Crippen molar-refractivity contribution in [1.29, 1.82) is 0 Å². The van der Waals surface area contributed by atoms with Crippen LogP contribution in [0.3, 0.4) is 0 Å². The highest BCUT2D eigenvalue weighted by molar-refractivity contribution is 9.10. The van der Waals surface area contributed by atoms with Gasteiger partial charge in [0.15, 0.2) is 16.4 Å². The van der Waals surface area contributed by atoms with Gasteiger partial charge in [-0.05, 0) is 41.4 Å². The molecule has 0 bridgehead atoms. The lowest BCUT2D eigenvalue weighted by atomic mass is 10.2. The zero-order valence-corrected chi connectivity index (χ0v) is 20.3. The van der Waals surface area contributed by atoms with Gasteiger partial charge in [0.05, 0.1) is 33.9 Å².